The molecular weight excluding hydrogens is 488 g/mol. The molecule has 0 aliphatic heterocycles. The van der Waals surface area contributed by atoms with Crippen molar-refractivity contribution in [3.8, 4) is 11.9 Å². The number of aromatic nitrogens is 4. The summed E-state index contributed by atoms with van der Waals surface area (Å²) in [5.41, 5.74) is 0.291. The molecule has 0 aliphatic rings. The number of halogens is 2. The van der Waals surface area contributed by atoms with Crippen LogP contribution in [0, 0.1) is 4.91 Å². The summed E-state index contributed by atoms with van der Waals surface area (Å²) in [7, 11) is 0. The van der Waals surface area contributed by atoms with Gasteiger partial charge >= 0.3 is 21.1 Å². The van der Waals surface area contributed by atoms with Gasteiger partial charge in [-0.15, -0.1) is 4.91 Å². The summed E-state index contributed by atoms with van der Waals surface area (Å²) in [5.74, 6) is -0.613. The summed E-state index contributed by atoms with van der Waals surface area (Å²) < 4.78 is 0. The number of nitrogens with one attached hydrogen (secondary N) is 1. The average Bonchev–Trinajstić information content (AvgIpc) is 2.53. The zero-order valence-corrected chi connectivity index (χ0v) is 12.8. The molecule has 0 aliphatic carbocycles. The maximum Gasteiger partial charge on any atom is 4.00 e. The van der Waals surface area contributed by atoms with E-state index in [2.05, 4.69) is 19.9 Å². The number of H-pyrrole nitrogens is 1. The van der Waals surface area contributed by atoms with Crippen molar-refractivity contribution in [1.29, 1.82) is 0 Å². The molecule has 0 atom stereocenters. The smallest absolute Gasteiger partial charge is 1.00 e. The van der Waals surface area contributed by atoms with E-state index in [1.165, 1.54) is 11.7 Å². The van der Waals surface area contributed by atoms with Gasteiger partial charge in [-0.05, 0) is 0 Å². The number of aromatic amines is 1. The van der Waals surface area contributed by atoms with Gasteiger partial charge in [-0.3, -0.25) is 4.98 Å². The van der Waals surface area contributed by atoms with Crippen LogP contribution >= 0.6 is 0 Å². The van der Waals surface area contributed by atoms with Crippen LogP contribution in [0.4, 0.5) is 0 Å². The van der Waals surface area contributed by atoms with Gasteiger partial charge in [0, 0.05) is 5.88 Å². The Morgan fingerprint density at radius 3 is 2.16 bits per heavy atom. The Morgan fingerprint density at radius 2 is 1.68 bits per heavy atom. The topological polar surface area (TPSA) is 220 Å². The van der Waals surface area contributed by atoms with Gasteiger partial charge in [0.15, 0.2) is 11.0 Å². The van der Waals surface area contributed by atoms with Gasteiger partial charge in [-0.25, -0.2) is 9.97 Å². The second-order valence-electron chi connectivity index (χ2n) is 1.99. The summed E-state index contributed by atoms with van der Waals surface area (Å²) in [6.45, 7) is 0. The molecule has 2 aromatic rings. The van der Waals surface area contributed by atoms with Crippen molar-refractivity contribution in [1.82, 2.24) is 32.2 Å². The van der Waals surface area contributed by atoms with Gasteiger partial charge < -0.3 is 57.5 Å². The molecule has 0 saturated heterocycles. The summed E-state index contributed by atoms with van der Waals surface area (Å²) in [6.07, 6.45) is 1.29. The molecule has 0 amide bonds. The zero-order chi connectivity index (χ0) is 10.6. The first-order valence-corrected chi connectivity index (χ1v) is 3.21. The van der Waals surface area contributed by atoms with E-state index in [0.29, 0.717) is 0 Å². The van der Waals surface area contributed by atoms with Crippen molar-refractivity contribution in [3.05, 3.63) is 11.2 Å². The minimum Gasteiger partial charge on any atom is -1.00 e. The third-order valence-electron chi connectivity index (χ3n) is 1.23. The van der Waals surface area contributed by atoms with Crippen LogP contribution in [-0.4, -0.2) is 25.1 Å². The predicted molar refractivity (Wildman–Crippen MR) is 48.2 cm³/mol. The number of nitrogens with zero attached hydrogens (tertiary/aromatic N) is 4. The van der Waals surface area contributed by atoms with Crippen molar-refractivity contribution >= 4 is 11.2 Å². The number of hydrogen-bond acceptors (Lipinski definition) is 9. The fourth-order valence-corrected chi connectivity index (χ4v) is 0.788. The Balaban J connectivity index is -0.0000000758. The first kappa shape index (κ1) is 30.6. The molecule has 0 radical (unpaired) electrons. The van der Waals surface area contributed by atoms with Crippen molar-refractivity contribution in [2.24, 2.45) is 5.34 Å². The van der Waals surface area contributed by atoms with Crippen LogP contribution in [0.15, 0.2) is 11.7 Å². The first-order chi connectivity index (χ1) is 6.69. The third-order valence-corrected chi connectivity index (χ3v) is 1.23. The minimum atomic E-state index is -0.797. The van der Waals surface area contributed by atoms with Gasteiger partial charge in [0.05, 0.1) is 17.9 Å². The Labute approximate surface area is 133 Å². The Morgan fingerprint density at radius 1 is 1.21 bits per heavy atom. The largest absolute Gasteiger partial charge is 4.00 e. The molecule has 19 heavy (non-hydrogen) atoms. The predicted octanol–water partition coefficient (Wildman–Crippen LogP) is -7.03. The van der Waals surface area contributed by atoms with Crippen LogP contribution in [0.1, 0.15) is 0 Å². The van der Waals surface area contributed by atoms with Crippen molar-refractivity contribution < 1.29 is 61.3 Å². The van der Waals surface area contributed by atoms with E-state index in [-0.39, 0.29) is 69.3 Å². The Hall–Kier alpha value is -1.26. The van der Waals surface area contributed by atoms with E-state index >= 15 is 0 Å². The molecule has 8 N–H and O–H groups in total. The number of rotatable bonds is 0. The molecule has 0 fully saturated rings. The Kier molecular flexibility index (Phi) is 23.9. The van der Waals surface area contributed by atoms with Crippen LogP contribution in [-0.2, 0) is 21.1 Å². The number of fused-ring (bicyclic) bond motifs is 1. The third kappa shape index (κ3) is 8.45. The van der Waals surface area contributed by atoms with E-state index in [0.717, 1.165) is 0 Å². The molecule has 0 spiro atoms. The van der Waals surface area contributed by atoms with Gasteiger partial charge in [0.1, 0.15) is 0 Å². The standard InChI is InChI=1S/C5H4N4O2.2ClH.HNO2.2H3N.Pt/c10-4-2-3(7-1-6-2)8-5(11)9-4;;;2-1-3;;;/h1H,(H3,6,7,8,9,10,11);2*1H;(H,2,3);2*1H3;/q;;;;;;+4/p-4. The maximum absolute atomic E-state index is 10.8. The van der Waals surface area contributed by atoms with E-state index in [1.54, 1.807) is 0 Å². The van der Waals surface area contributed by atoms with Crippen LogP contribution in [0.25, 0.3) is 11.2 Å². The molecule has 2 rings (SSSR count). The molecular formula is C5H9Cl2N7O4Pt. The van der Waals surface area contributed by atoms with E-state index in [9.17, 15) is 10.2 Å². The van der Waals surface area contributed by atoms with Gasteiger partial charge in [0.2, 0.25) is 0 Å². The van der Waals surface area contributed by atoms with Crippen molar-refractivity contribution in [2.75, 3.05) is 0 Å². The Bertz CT molecular complexity index is 458. The van der Waals surface area contributed by atoms with Crippen molar-refractivity contribution in [2.45, 2.75) is 0 Å². The first-order valence-electron chi connectivity index (χ1n) is 3.21. The molecule has 0 unspecified atom stereocenters. The molecule has 0 bridgehead atoms. The van der Waals surface area contributed by atoms with Crippen molar-refractivity contribution in [3.63, 3.8) is 0 Å². The second-order valence-corrected chi connectivity index (χ2v) is 1.99. The van der Waals surface area contributed by atoms with Crippen LogP contribution < -0.4 is 47.3 Å². The normalized spacial score (nSPS) is 6.74. The van der Waals surface area contributed by atoms with Crippen LogP contribution in [0.2, 0.25) is 0 Å². The molecule has 112 valence electrons. The van der Waals surface area contributed by atoms with Gasteiger partial charge in [-0.1, -0.05) is 0 Å². The monoisotopic (exact) mass is 496 g/mol. The van der Waals surface area contributed by atoms with Gasteiger partial charge in [0.25, 0.3) is 0 Å². The zero-order valence-electron chi connectivity index (χ0n) is 9.02. The molecule has 0 aromatic carbocycles. The molecule has 14 heteroatoms. The SMILES string of the molecule is N.N.O=NO.[Cl-].[Cl-].[O-]c1nc([O-])c2[nH]cnc2n1.[Pt+4]. The van der Waals surface area contributed by atoms with Crippen LogP contribution in [0.3, 0.4) is 0 Å². The molecule has 2 aromatic heterocycles. The molecule has 0 saturated carbocycles. The van der Waals surface area contributed by atoms with Crippen LogP contribution in [0.5, 0.6) is 11.9 Å². The minimum absolute atomic E-state index is 0. The molecule has 2 heterocycles. The quantitative estimate of drug-likeness (QED) is 0.200. The van der Waals surface area contributed by atoms with E-state index < -0.39 is 11.9 Å². The van der Waals surface area contributed by atoms with E-state index in [1.807, 2.05) is 0 Å². The summed E-state index contributed by atoms with van der Waals surface area (Å²) in [6, 6.07) is -0.797. The fourth-order valence-electron chi connectivity index (χ4n) is 0.788. The molecule has 11 nitrogen and oxygen atoms in total. The fraction of sp³-hybridized carbons (Fsp3) is 0. The average molecular weight is 497 g/mol. The summed E-state index contributed by atoms with van der Waals surface area (Å²) in [5, 5.41) is 29.3. The number of imidazole rings is 1. The maximum atomic E-state index is 10.8. The second kappa shape index (κ2) is 14.8. The number of hydrogen-bond donors (Lipinski definition) is 4. The van der Waals surface area contributed by atoms with Gasteiger partial charge in [-0.2, -0.15) is 0 Å². The summed E-state index contributed by atoms with van der Waals surface area (Å²) in [4.78, 5) is 20.7. The summed E-state index contributed by atoms with van der Waals surface area (Å²) >= 11 is 0. The van der Waals surface area contributed by atoms with E-state index in [4.69, 9.17) is 10.1 Å².